The Balaban J connectivity index is 1.72. The van der Waals surface area contributed by atoms with Gasteiger partial charge in [-0.3, -0.25) is 9.89 Å². The van der Waals surface area contributed by atoms with Crippen molar-refractivity contribution in [1.82, 2.24) is 25.1 Å². The molecular formula is C23H21N5O4. The highest BCUT2D eigenvalue weighted by Crippen LogP contribution is 2.23. The molecule has 2 N–H and O–H groups in total. The summed E-state index contributed by atoms with van der Waals surface area (Å²) in [6, 6.07) is 10.3. The van der Waals surface area contributed by atoms with Crippen molar-refractivity contribution in [2.24, 2.45) is 0 Å². The number of likely N-dealkylation sites (N-methyl/N-ethyl adjacent to an activating group) is 1. The highest BCUT2D eigenvalue weighted by Gasteiger charge is 2.42. The van der Waals surface area contributed by atoms with Gasteiger partial charge in [0.05, 0.1) is 18.0 Å². The van der Waals surface area contributed by atoms with Crippen molar-refractivity contribution in [3.8, 4) is 34.6 Å². The zero-order valence-electron chi connectivity index (χ0n) is 17.6. The van der Waals surface area contributed by atoms with Crippen LogP contribution in [-0.4, -0.2) is 67.8 Å². The lowest BCUT2D eigenvalue weighted by Gasteiger charge is -2.13. The number of amides is 1. The van der Waals surface area contributed by atoms with Gasteiger partial charge < -0.3 is 14.7 Å². The second kappa shape index (κ2) is 8.61. The van der Waals surface area contributed by atoms with Gasteiger partial charge >= 0.3 is 5.97 Å². The first kappa shape index (κ1) is 21.2. The van der Waals surface area contributed by atoms with Gasteiger partial charge in [-0.1, -0.05) is 24.0 Å². The maximum Gasteiger partial charge on any atom is 0.357 e. The third-order valence-corrected chi connectivity index (χ3v) is 5.03. The number of esters is 1. The summed E-state index contributed by atoms with van der Waals surface area (Å²) in [4.78, 5) is 34.9. The minimum absolute atomic E-state index is 0.117. The topological polar surface area (TPSA) is 121 Å². The Kier molecular flexibility index (Phi) is 5.71. The summed E-state index contributed by atoms with van der Waals surface area (Å²) in [7, 11) is 1.63. The molecule has 9 nitrogen and oxygen atoms in total. The third-order valence-electron chi connectivity index (χ3n) is 5.03. The predicted octanol–water partition coefficient (Wildman–Crippen LogP) is 1.66. The fourth-order valence-corrected chi connectivity index (χ4v) is 3.30. The number of carbonyl (C=O) groups excluding carboxylic acids is 2. The molecular weight excluding hydrogens is 410 g/mol. The van der Waals surface area contributed by atoms with Crippen LogP contribution in [0.3, 0.4) is 0 Å². The molecule has 1 aliphatic rings. The number of nitrogens with zero attached hydrogens (tertiary/aromatic N) is 4. The first-order valence-corrected chi connectivity index (χ1v) is 10.1. The third kappa shape index (κ3) is 4.22. The van der Waals surface area contributed by atoms with E-state index in [2.05, 4.69) is 32.0 Å². The molecule has 4 rings (SSSR count). The van der Waals surface area contributed by atoms with Crippen LogP contribution in [0.4, 0.5) is 0 Å². The smallest absolute Gasteiger partial charge is 0.357 e. The minimum Gasteiger partial charge on any atom is -0.461 e. The molecule has 0 aliphatic carbocycles. The lowest BCUT2D eigenvalue weighted by Crippen LogP contribution is -2.37. The minimum atomic E-state index is -1.68. The number of aromatic nitrogens is 4. The molecule has 0 spiro atoms. The quantitative estimate of drug-likeness (QED) is 0.476. The van der Waals surface area contributed by atoms with Crippen molar-refractivity contribution < 1.29 is 19.4 Å². The number of likely N-dealkylation sites (tertiary alicyclic amines) is 1. The number of aromatic amines is 1. The molecule has 1 aromatic carbocycles. The molecule has 1 atom stereocenters. The van der Waals surface area contributed by atoms with Gasteiger partial charge in [0, 0.05) is 37.3 Å². The summed E-state index contributed by atoms with van der Waals surface area (Å²) in [5.74, 6) is 4.92. The van der Waals surface area contributed by atoms with Crippen LogP contribution >= 0.6 is 0 Å². The van der Waals surface area contributed by atoms with Gasteiger partial charge in [-0.05, 0) is 31.2 Å². The largest absolute Gasteiger partial charge is 0.461 e. The summed E-state index contributed by atoms with van der Waals surface area (Å²) < 4.78 is 5.10. The normalized spacial score (nSPS) is 17.7. The summed E-state index contributed by atoms with van der Waals surface area (Å²) >= 11 is 0. The van der Waals surface area contributed by atoms with Gasteiger partial charge in [-0.15, -0.1) is 0 Å². The number of aliphatic hydroxyl groups is 1. The van der Waals surface area contributed by atoms with Crippen LogP contribution < -0.4 is 0 Å². The fraction of sp³-hybridized carbons (Fsp3) is 0.261. The predicted molar refractivity (Wildman–Crippen MR) is 115 cm³/mol. The molecule has 0 radical (unpaired) electrons. The van der Waals surface area contributed by atoms with E-state index in [0.29, 0.717) is 34.9 Å². The zero-order chi connectivity index (χ0) is 22.7. The Morgan fingerprint density at radius 3 is 2.84 bits per heavy atom. The number of nitrogens with one attached hydrogen (secondary N) is 1. The van der Waals surface area contributed by atoms with Crippen LogP contribution in [0.15, 0.2) is 42.6 Å². The summed E-state index contributed by atoms with van der Waals surface area (Å²) in [6.07, 6.45) is 1.84. The van der Waals surface area contributed by atoms with Gasteiger partial charge in [0.2, 0.25) is 5.60 Å². The average molecular weight is 431 g/mol. The number of rotatable bonds is 4. The molecule has 1 amide bonds. The highest BCUT2D eigenvalue weighted by molar-refractivity contribution is 5.90. The maximum absolute atomic E-state index is 12.3. The van der Waals surface area contributed by atoms with Crippen molar-refractivity contribution in [2.45, 2.75) is 18.9 Å². The van der Waals surface area contributed by atoms with Crippen LogP contribution in [0.1, 0.15) is 29.4 Å². The first-order chi connectivity index (χ1) is 15.4. The Labute approximate surface area is 184 Å². The molecule has 1 unspecified atom stereocenters. The van der Waals surface area contributed by atoms with E-state index >= 15 is 0 Å². The van der Waals surface area contributed by atoms with Crippen LogP contribution in [0.5, 0.6) is 0 Å². The lowest BCUT2D eigenvalue weighted by atomic mass is 10.0. The van der Waals surface area contributed by atoms with Gasteiger partial charge in [0.25, 0.3) is 5.91 Å². The van der Waals surface area contributed by atoms with Gasteiger partial charge in [-0.25, -0.2) is 14.8 Å². The lowest BCUT2D eigenvalue weighted by molar-refractivity contribution is -0.137. The summed E-state index contributed by atoms with van der Waals surface area (Å²) in [5, 5.41) is 17.3. The SMILES string of the molecule is CCOC(=O)c1cc(-c2ccn[nH]2)nc(-c2cccc(C#CC3(O)CCN(C)C3=O)c2)n1. The van der Waals surface area contributed by atoms with Crippen molar-refractivity contribution in [3.05, 3.63) is 53.9 Å². The molecule has 2 aromatic heterocycles. The van der Waals surface area contributed by atoms with E-state index < -0.39 is 17.5 Å². The van der Waals surface area contributed by atoms with E-state index in [0.717, 1.165) is 0 Å². The Hall–Kier alpha value is -4.03. The molecule has 0 saturated carbocycles. The van der Waals surface area contributed by atoms with Crippen LogP contribution in [0.25, 0.3) is 22.8 Å². The van der Waals surface area contributed by atoms with E-state index in [1.54, 1.807) is 50.5 Å². The zero-order valence-corrected chi connectivity index (χ0v) is 17.6. The van der Waals surface area contributed by atoms with Crippen LogP contribution in [-0.2, 0) is 9.53 Å². The molecule has 1 aliphatic heterocycles. The Morgan fingerprint density at radius 2 is 2.16 bits per heavy atom. The second-order valence-electron chi connectivity index (χ2n) is 7.32. The fourth-order valence-electron chi connectivity index (χ4n) is 3.30. The molecule has 9 heteroatoms. The van der Waals surface area contributed by atoms with Crippen molar-refractivity contribution in [2.75, 3.05) is 20.2 Å². The standard InChI is InChI=1S/C23H21N5O4/c1-3-32-21(29)19-14-18(17-8-11-24-27-17)25-20(26-19)16-6-4-5-15(13-16)7-9-23(31)10-12-28(2)22(23)30/h4-6,8,11,13-14,31H,3,10,12H2,1-2H3,(H,24,27). The van der Waals surface area contributed by atoms with Gasteiger partial charge in [0.1, 0.15) is 0 Å². The van der Waals surface area contributed by atoms with Crippen LogP contribution in [0.2, 0.25) is 0 Å². The number of carbonyl (C=O) groups is 2. The second-order valence-corrected chi connectivity index (χ2v) is 7.32. The Bertz CT molecular complexity index is 1230. The Morgan fingerprint density at radius 1 is 1.31 bits per heavy atom. The average Bonchev–Trinajstić information content (AvgIpc) is 3.43. The van der Waals surface area contributed by atoms with E-state index in [4.69, 9.17) is 4.74 Å². The van der Waals surface area contributed by atoms with E-state index in [1.807, 2.05) is 0 Å². The molecule has 0 bridgehead atoms. The molecule has 3 aromatic rings. The maximum atomic E-state index is 12.3. The van der Waals surface area contributed by atoms with Gasteiger partial charge in [0.15, 0.2) is 11.5 Å². The molecule has 1 saturated heterocycles. The van der Waals surface area contributed by atoms with Gasteiger partial charge in [-0.2, -0.15) is 5.10 Å². The first-order valence-electron chi connectivity index (χ1n) is 10.1. The number of benzene rings is 1. The van der Waals surface area contributed by atoms with E-state index in [9.17, 15) is 14.7 Å². The van der Waals surface area contributed by atoms with Crippen molar-refractivity contribution in [3.63, 3.8) is 0 Å². The number of H-pyrrole nitrogens is 1. The van der Waals surface area contributed by atoms with Crippen LogP contribution in [0, 0.1) is 11.8 Å². The molecule has 32 heavy (non-hydrogen) atoms. The summed E-state index contributed by atoms with van der Waals surface area (Å²) in [6.45, 7) is 2.40. The number of ether oxygens (including phenoxy) is 1. The van der Waals surface area contributed by atoms with Crippen molar-refractivity contribution >= 4 is 11.9 Å². The molecule has 1 fully saturated rings. The summed E-state index contributed by atoms with van der Waals surface area (Å²) in [5.41, 5.74) is 0.741. The van der Waals surface area contributed by atoms with E-state index in [1.165, 1.54) is 11.0 Å². The number of hydrogen-bond acceptors (Lipinski definition) is 7. The van der Waals surface area contributed by atoms with E-state index in [-0.39, 0.29) is 18.7 Å². The monoisotopic (exact) mass is 431 g/mol. The van der Waals surface area contributed by atoms with Crippen molar-refractivity contribution in [1.29, 1.82) is 0 Å². The number of hydrogen-bond donors (Lipinski definition) is 2. The molecule has 162 valence electrons. The molecule has 3 heterocycles. The highest BCUT2D eigenvalue weighted by atomic mass is 16.5.